The largest absolute Gasteiger partial charge is 0.354 e. The highest BCUT2D eigenvalue weighted by molar-refractivity contribution is 7.89. The molecule has 0 bridgehead atoms. The van der Waals surface area contributed by atoms with E-state index in [0.717, 1.165) is 31.6 Å². The Morgan fingerprint density at radius 1 is 1.15 bits per heavy atom. The number of hydrogen-bond acceptors (Lipinski definition) is 4. The van der Waals surface area contributed by atoms with Crippen LogP contribution in [0.3, 0.4) is 0 Å². The molecule has 1 aromatic carbocycles. The Morgan fingerprint density at radius 2 is 1.81 bits per heavy atom. The number of piperidine rings is 1. The average molecular weight is 398 g/mol. The molecule has 0 saturated carbocycles. The number of sulfonamides is 1. The summed E-state index contributed by atoms with van der Waals surface area (Å²) in [5, 5.41) is 3.06. The van der Waals surface area contributed by atoms with Crippen molar-refractivity contribution in [3.63, 3.8) is 0 Å². The van der Waals surface area contributed by atoms with Crippen LogP contribution in [0.2, 0.25) is 0 Å². The average Bonchev–Trinajstić information content (AvgIpc) is 3.14. The standard InChI is InChI=1S/C19H28FN3O3S/c1-2-22-11-3-4-17(22)14-21-19(24)15-9-12-23(13-10-15)27(25,26)18-7-5-16(20)6-8-18/h5-8,15,17H,2-4,9-14H2,1H3,(H,21,24)/t17-/m1/s1. The second kappa shape index (κ2) is 8.67. The molecule has 2 fully saturated rings. The maximum atomic E-state index is 13.0. The highest BCUT2D eigenvalue weighted by atomic mass is 32.2. The van der Waals surface area contributed by atoms with Gasteiger partial charge in [0, 0.05) is 31.6 Å². The van der Waals surface area contributed by atoms with Crippen LogP contribution in [0.1, 0.15) is 32.6 Å². The molecular formula is C19H28FN3O3S. The first-order valence-electron chi connectivity index (χ1n) is 9.69. The second-order valence-electron chi connectivity index (χ2n) is 7.30. The van der Waals surface area contributed by atoms with Crippen molar-refractivity contribution in [3.05, 3.63) is 30.1 Å². The molecule has 2 aliphatic heterocycles. The molecule has 2 heterocycles. The van der Waals surface area contributed by atoms with Gasteiger partial charge in [0.25, 0.3) is 0 Å². The predicted octanol–water partition coefficient (Wildman–Crippen LogP) is 1.83. The van der Waals surface area contributed by atoms with Gasteiger partial charge in [0.1, 0.15) is 5.82 Å². The van der Waals surface area contributed by atoms with Gasteiger partial charge >= 0.3 is 0 Å². The number of halogens is 1. The molecule has 0 aliphatic carbocycles. The third-order valence-electron chi connectivity index (χ3n) is 5.69. The Hall–Kier alpha value is -1.51. The fourth-order valence-corrected chi connectivity index (χ4v) is 5.49. The number of hydrogen-bond donors (Lipinski definition) is 1. The van der Waals surface area contributed by atoms with Crippen LogP contribution >= 0.6 is 0 Å². The summed E-state index contributed by atoms with van der Waals surface area (Å²) >= 11 is 0. The van der Waals surface area contributed by atoms with E-state index in [2.05, 4.69) is 17.1 Å². The highest BCUT2D eigenvalue weighted by Gasteiger charge is 2.32. The zero-order chi connectivity index (χ0) is 19.4. The van der Waals surface area contributed by atoms with Crippen LogP contribution in [0.5, 0.6) is 0 Å². The number of amides is 1. The van der Waals surface area contributed by atoms with Crippen LogP contribution < -0.4 is 5.32 Å². The second-order valence-corrected chi connectivity index (χ2v) is 9.24. The Bertz CT molecular complexity index is 746. The van der Waals surface area contributed by atoms with Crippen molar-refractivity contribution in [2.45, 2.75) is 43.5 Å². The molecule has 1 N–H and O–H groups in total. The van der Waals surface area contributed by atoms with Crippen molar-refractivity contribution >= 4 is 15.9 Å². The van der Waals surface area contributed by atoms with Crippen molar-refractivity contribution in [2.24, 2.45) is 5.92 Å². The predicted molar refractivity (Wildman–Crippen MR) is 101 cm³/mol. The van der Waals surface area contributed by atoms with Gasteiger partial charge in [0.15, 0.2) is 0 Å². The number of nitrogens with zero attached hydrogens (tertiary/aromatic N) is 2. The molecular weight excluding hydrogens is 369 g/mol. The van der Waals surface area contributed by atoms with E-state index >= 15 is 0 Å². The molecule has 1 amide bonds. The summed E-state index contributed by atoms with van der Waals surface area (Å²) in [6, 6.07) is 5.28. The van der Waals surface area contributed by atoms with Crippen LogP contribution in [-0.4, -0.2) is 62.3 Å². The number of carbonyl (C=O) groups excluding carboxylic acids is 1. The molecule has 150 valence electrons. The van der Waals surface area contributed by atoms with E-state index < -0.39 is 15.8 Å². The van der Waals surface area contributed by atoms with Crippen molar-refractivity contribution < 1.29 is 17.6 Å². The molecule has 3 rings (SSSR count). The number of nitrogens with one attached hydrogen (secondary N) is 1. The van der Waals surface area contributed by atoms with E-state index in [1.807, 2.05) is 0 Å². The van der Waals surface area contributed by atoms with Crippen molar-refractivity contribution in [2.75, 3.05) is 32.7 Å². The van der Waals surface area contributed by atoms with Crippen LogP contribution in [-0.2, 0) is 14.8 Å². The van der Waals surface area contributed by atoms with E-state index in [-0.39, 0.29) is 16.7 Å². The van der Waals surface area contributed by atoms with Crippen LogP contribution in [0.4, 0.5) is 4.39 Å². The number of carbonyl (C=O) groups is 1. The van der Waals surface area contributed by atoms with Gasteiger partial charge < -0.3 is 5.32 Å². The lowest BCUT2D eigenvalue weighted by Gasteiger charge is -2.31. The van der Waals surface area contributed by atoms with E-state index in [0.29, 0.717) is 38.5 Å². The van der Waals surface area contributed by atoms with E-state index in [1.54, 1.807) is 0 Å². The number of likely N-dealkylation sites (tertiary alicyclic amines) is 1. The smallest absolute Gasteiger partial charge is 0.243 e. The first kappa shape index (κ1) is 20.2. The van der Waals surface area contributed by atoms with Crippen molar-refractivity contribution in [1.29, 1.82) is 0 Å². The Morgan fingerprint density at radius 3 is 2.44 bits per heavy atom. The highest BCUT2D eigenvalue weighted by Crippen LogP contribution is 2.24. The molecule has 0 radical (unpaired) electrons. The van der Waals surface area contributed by atoms with Crippen LogP contribution in [0.15, 0.2) is 29.2 Å². The minimum absolute atomic E-state index is 0.0248. The van der Waals surface area contributed by atoms with Crippen LogP contribution in [0.25, 0.3) is 0 Å². The number of likely N-dealkylation sites (N-methyl/N-ethyl adjacent to an activating group) is 1. The zero-order valence-electron chi connectivity index (χ0n) is 15.7. The van der Waals surface area contributed by atoms with Crippen LogP contribution in [0, 0.1) is 11.7 Å². The van der Waals surface area contributed by atoms with E-state index in [4.69, 9.17) is 0 Å². The van der Waals surface area contributed by atoms with Crippen molar-refractivity contribution in [1.82, 2.24) is 14.5 Å². The van der Waals surface area contributed by atoms with Gasteiger partial charge in [0.05, 0.1) is 4.90 Å². The van der Waals surface area contributed by atoms with Gasteiger partial charge in [-0.15, -0.1) is 0 Å². The van der Waals surface area contributed by atoms with Gasteiger partial charge in [-0.1, -0.05) is 6.92 Å². The topological polar surface area (TPSA) is 69.7 Å². The lowest BCUT2D eigenvalue weighted by molar-refractivity contribution is -0.126. The molecule has 2 saturated heterocycles. The monoisotopic (exact) mass is 397 g/mol. The molecule has 1 atom stereocenters. The Kier molecular flexibility index (Phi) is 6.49. The first-order valence-corrected chi connectivity index (χ1v) is 11.1. The quantitative estimate of drug-likeness (QED) is 0.795. The summed E-state index contributed by atoms with van der Waals surface area (Å²) < 4.78 is 39.7. The Labute approximate surface area is 160 Å². The fraction of sp³-hybridized carbons (Fsp3) is 0.632. The molecule has 0 aromatic heterocycles. The SMILES string of the molecule is CCN1CCC[C@@H]1CNC(=O)C1CCN(S(=O)(=O)c2ccc(F)cc2)CC1. The van der Waals surface area contributed by atoms with Gasteiger partial charge in [0.2, 0.25) is 15.9 Å². The third kappa shape index (κ3) is 4.67. The fourth-order valence-electron chi connectivity index (χ4n) is 4.02. The zero-order valence-corrected chi connectivity index (χ0v) is 16.5. The molecule has 0 unspecified atom stereocenters. The van der Waals surface area contributed by atoms with E-state index in [9.17, 15) is 17.6 Å². The minimum Gasteiger partial charge on any atom is -0.354 e. The number of benzene rings is 1. The van der Waals surface area contributed by atoms with Gasteiger partial charge in [-0.3, -0.25) is 9.69 Å². The normalized spacial score (nSPS) is 22.8. The maximum absolute atomic E-state index is 13.0. The lowest BCUT2D eigenvalue weighted by atomic mass is 9.97. The molecule has 2 aliphatic rings. The molecule has 0 spiro atoms. The minimum atomic E-state index is -3.64. The maximum Gasteiger partial charge on any atom is 0.243 e. The molecule has 8 heteroatoms. The lowest BCUT2D eigenvalue weighted by Crippen LogP contribution is -2.45. The Balaban J connectivity index is 1.50. The van der Waals surface area contributed by atoms with E-state index in [1.165, 1.54) is 22.9 Å². The summed E-state index contributed by atoms with van der Waals surface area (Å²) in [5.74, 6) is -0.592. The number of rotatable bonds is 6. The van der Waals surface area contributed by atoms with Crippen molar-refractivity contribution in [3.8, 4) is 0 Å². The molecule has 27 heavy (non-hydrogen) atoms. The molecule has 6 nitrogen and oxygen atoms in total. The van der Waals surface area contributed by atoms with Gasteiger partial charge in [-0.2, -0.15) is 4.31 Å². The summed E-state index contributed by atoms with van der Waals surface area (Å²) in [6.45, 7) is 5.51. The summed E-state index contributed by atoms with van der Waals surface area (Å²) in [6.07, 6.45) is 3.30. The molecule has 1 aromatic rings. The summed E-state index contributed by atoms with van der Waals surface area (Å²) in [5.41, 5.74) is 0. The third-order valence-corrected chi connectivity index (χ3v) is 7.61. The first-order chi connectivity index (χ1) is 12.9. The summed E-state index contributed by atoms with van der Waals surface area (Å²) in [7, 11) is -3.64. The van der Waals surface area contributed by atoms with Gasteiger partial charge in [-0.25, -0.2) is 12.8 Å². The van der Waals surface area contributed by atoms with Gasteiger partial charge in [-0.05, 0) is 63.0 Å². The summed E-state index contributed by atoms with van der Waals surface area (Å²) in [4.78, 5) is 15.0.